The number of carboxylic acid groups (broad SMARTS) is 1. The number of hydrogen-bond acceptors (Lipinski definition) is 3. The van der Waals surface area contributed by atoms with E-state index in [0.29, 0.717) is 10.8 Å². The molecule has 0 saturated carbocycles. The molecular weight excluding hydrogens is 284 g/mol. The van der Waals surface area contributed by atoms with Crippen LogP contribution in [0.4, 0.5) is 4.79 Å². The molecule has 0 spiro atoms. The smallest absolute Gasteiger partial charge is 0.317 e. The van der Waals surface area contributed by atoms with Crippen LogP contribution in [0.5, 0.6) is 5.75 Å². The van der Waals surface area contributed by atoms with Crippen LogP contribution < -0.4 is 15.4 Å². The van der Waals surface area contributed by atoms with Crippen LogP contribution in [-0.2, 0) is 4.79 Å². The van der Waals surface area contributed by atoms with E-state index in [1.54, 1.807) is 12.1 Å². The highest BCUT2D eigenvalue weighted by Gasteiger charge is 2.05. The van der Waals surface area contributed by atoms with E-state index in [4.69, 9.17) is 21.4 Å². The molecular formula is C13H17ClN2O4. The number of carboxylic acids is 1. The molecule has 7 heteroatoms. The van der Waals surface area contributed by atoms with Gasteiger partial charge in [-0.2, -0.15) is 0 Å². The lowest BCUT2D eigenvalue weighted by Crippen LogP contribution is -2.38. The highest BCUT2D eigenvalue weighted by molar-refractivity contribution is 6.32. The number of carbonyl (C=O) groups excluding carboxylic acids is 1. The molecule has 1 aromatic rings. The van der Waals surface area contributed by atoms with Crippen molar-refractivity contribution in [2.24, 2.45) is 0 Å². The Bertz CT molecular complexity index is 482. The second-order valence-electron chi connectivity index (χ2n) is 4.24. The quantitative estimate of drug-likeness (QED) is 0.702. The number of ether oxygens (including phenoxy) is 1. The van der Waals surface area contributed by atoms with Gasteiger partial charge in [0.05, 0.1) is 6.42 Å². The molecule has 6 nitrogen and oxygen atoms in total. The van der Waals surface area contributed by atoms with Crippen molar-refractivity contribution in [3.05, 3.63) is 28.3 Å². The zero-order valence-electron chi connectivity index (χ0n) is 11.3. The molecule has 20 heavy (non-hydrogen) atoms. The molecule has 0 fully saturated rings. The lowest BCUT2D eigenvalue weighted by Gasteiger charge is -2.11. The highest BCUT2D eigenvalue weighted by Crippen LogP contribution is 2.25. The van der Waals surface area contributed by atoms with Crippen molar-refractivity contribution in [1.82, 2.24) is 10.6 Å². The van der Waals surface area contributed by atoms with Crippen molar-refractivity contribution in [2.75, 3.05) is 13.3 Å². The fourth-order valence-corrected chi connectivity index (χ4v) is 1.63. The molecule has 0 heterocycles. The summed E-state index contributed by atoms with van der Waals surface area (Å²) in [6.45, 7) is 3.79. The van der Waals surface area contributed by atoms with Crippen LogP contribution in [-0.4, -0.2) is 30.4 Å². The van der Waals surface area contributed by atoms with Gasteiger partial charge in [-0.3, -0.25) is 4.79 Å². The van der Waals surface area contributed by atoms with Crippen LogP contribution >= 0.6 is 11.6 Å². The summed E-state index contributed by atoms with van der Waals surface area (Å²) in [5.41, 5.74) is 1.79. The standard InChI is InChI=1S/C13H17ClN2O4/c1-8-5-10(6-9(2)12(8)14)20-7-16-13(19)15-4-3-11(17)18/h5-6H,3-4,7H2,1-2H3,(H,17,18)(H2,15,16,19). The third-order valence-electron chi connectivity index (χ3n) is 2.51. The molecule has 0 atom stereocenters. The number of aliphatic carboxylic acids is 1. The lowest BCUT2D eigenvalue weighted by atomic mass is 10.1. The predicted octanol–water partition coefficient (Wildman–Crippen LogP) is 2.07. The van der Waals surface area contributed by atoms with Crippen LogP contribution in [0.25, 0.3) is 0 Å². The molecule has 1 aromatic carbocycles. The lowest BCUT2D eigenvalue weighted by molar-refractivity contribution is -0.136. The number of halogens is 1. The van der Waals surface area contributed by atoms with Gasteiger partial charge in [0.2, 0.25) is 0 Å². The molecule has 0 radical (unpaired) electrons. The van der Waals surface area contributed by atoms with Gasteiger partial charge in [-0.1, -0.05) is 11.6 Å². The van der Waals surface area contributed by atoms with E-state index in [0.717, 1.165) is 11.1 Å². The minimum Gasteiger partial charge on any atom is -0.481 e. The molecule has 3 N–H and O–H groups in total. The Hall–Kier alpha value is -1.95. The average Bonchev–Trinajstić information content (AvgIpc) is 2.35. The van der Waals surface area contributed by atoms with Gasteiger partial charge in [0.1, 0.15) is 5.75 Å². The van der Waals surface area contributed by atoms with Crippen LogP contribution in [0, 0.1) is 13.8 Å². The Morgan fingerprint density at radius 1 is 1.25 bits per heavy atom. The molecule has 0 aromatic heterocycles. The first-order valence-corrected chi connectivity index (χ1v) is 6.41. The molecule has 0 aliphatic carbocycles. The Balaban J connectivity index is 2.34. The topological polar surface area (TPSA) is 87.7 Å². The predicted molar refractivity (Wildman–Crippen MR) is 75.2 cm³/mol. The summed E-state index contributed by atoms with van der Waals surface area (Å²) in [5, 5.41) is 14.0. The van der Waals surface area contributed by atoms with E-state index < -0.39 is 12.0 Å². The van der Waals surface area contributed by atoms with E-state index in [1.807, 2.05) is 13.8 Å². The van der Waals surface area contributed by atoms with Crippen LogP contribution in [0.3, 0.4) is 0 Å². The summed E-state index contributed by atoms with van der Waals surface area (Å²) in [5.74, 6) is -0.357. The van der Waals surface area contributed by atoms with E-state index in [1.165, 1.54) is 0 Å². The monoisotopic (exact) mass is 300 g/mol. The highest BCUT2D eigenvalue weighted by atomic mass is 35.5. The number of aryl methyl sites for hydroxylation is 2. The Morgan fingerprint density at radius 2 is 1.85 bits per heavy atom. The van der Waals surface area contributed by atoms with Gasteiger partial charge in [0.25, 0.3) is 0 Å². The minimum absolute atomic E-state index is 0.0145. The summed E-state index contributed by atoms with van der Waals surface area (Å²) in [6, 6.07) is 3.08. The van der Waals surface area contributed by atoms with Crippen molar-refractivity contribution in [3.8, 4) is 5.75 Å². The van der Waals surface area contributed by atoms with Crippen LogP contribution in [0.2, 0.25) is 5.02 Å². The largest absolute Gasteiger partial charge is 0.481 e. The fourth-order valence-electron chi connectivity index (χ4n) is 1.52. The number of urea groups is 1. The van der Waals surface area contributed by atoms with E-state index in [-0.39, 0.29) is 19.7 Å². The summed E-state index contributed by atoms with van der Waals surface area (Å²) in [7, 11) is 0. The number of rotatable bonds is 6. The first kappa shape index (κ1) is 16.1. The maximum absolute atomic E-state index is 11.3. The van der Waals surface area contributed by atoms with E-state index >= 15 is 0 Å². The van der Waals surface area contributed by atoms with Gasteiger partial charge < -0.3 is 20.5 Å². The number of nitrogens with one attached hydrogen (secondary N) is 2. The number of benzene rings is 1. The number of amides is 2. The molecule has 1 rings (SSSR count). The van der Waals surface area contributed by atoms with E-state index in [2.05, 4.69) is 10.6 Å². The molecule has 0 unspecified atom stereocenters. The first-order valence-electron chi connectivity index (χ1n) is 6.03. The maximum atomic E-state index is 11.3. The van der Waals surface area contributed by atoms with E-state index in [9.17, 15) is 9.59 Å². The normalized spacial score (nSPS) is 9.95. The third-order valence-corrected chi connectivity index (χ3v) is 3.10. The summed E-state index contributed by atoms with van der Waals surface area (Å²) < 4.78 is 5.37. The Labute approximate surface area is 122 Å². The summed E-state index contributed by atoms with van der Waals surface area (Å²) >= 11 is 6.03. The van der Waals surface area contributed by atoms with Crippen molar-refractivity contribution >= 4 is 23.6 Å². The van der Waals surface area contributed by atoms with Crippen molar-refractivity contribution in [1.29, 1.82) is 0 Å². The average molecular weight is 301 g/mol. The molecule has 0 aliphatic rings. The first-order chi connectivity index (χ1) is 9.40. The zero-order valence-corrected chi connectivity index (χ0v) is 12.1. The summed E-state index contributed by atoms with van der Waals surface area (Å²) in [4.78, 5) is 21.6. The molecule has 2 amide bonds. The SMILES string of the molecule is Cc1cc(OCNC(=O)NCCC(=O)O)cc(C)c1Cl. The molecule has 0 aliphatic heterocycles. The Kier molecular flexibility index (Phi) is 6.11. The summed E-state index contributed by atoms with van der Waals surface area (Å²) in [6.07, 6.45) is -0.121. The molecule has 0 bridgehead atoms. The van der Waals surface area contributed by atoms with Crippen LogP contribution in [0.1, 0.15) is 17.5 Å². The second kappa shape index (κ2) is 7.59. The molecule has 110 valence electrons. The zero-order chi connectivity index (χ0) is 15.1. The van der Waals surface area contributed by atoms with Gasteiger partial charge in [-0.05, 0) is 37.1 Å². The van der Waals surface area contributed by atoms with Gasteiger partial charge in [0.15, 0.2) is 6.73 Å². The maximum Gasteiger partial charge on any atom is 0.317 e. The fraction of sp³-hybridized carbons (Fsp3) is 0.385. The van der Waals surface area contributed by atoms with Gasteiger partial charge in [0, 0.05) is 11.6 Å². The molecule has 0 saturated heterocycles. The number of carbonyl (C=O) groups is 2. The third kappa shape index (κ3) is 5.36. The van der Waals surface area contributed by atoms with Gasteiger partial charge in [-0.15, -0.1) is 0 Å². The van der Waals surface area contributed by atoms with Gasteiger partial charge >= 0.3 is 12.0 Å². The van der Waals surface area contributed by atoms with Crippen molar-refractivity contribution in [2.45, 2.75) is 20.3 Å². The Morgan fingerprint density at radius 3 is 2.40 bits per heavy atom. The van der Waals surface area contributed by atoms with Gasteiger partial charge in [-0.25, -0.2) is 4.79 Å². The van der Waals surface area contributed by atoms with Crippen molar-refractivity contribution in [3.63, 3.8) is 0 Å². The second-order valence-corrected chi connectivity index (χ2v) is 4.61. The minimum atomic E-state index is -0.964. The van der Waals surface area contributed by atoms with Crippen molar-refractivity contribution < 1.29 is 19.4 Å². The number of hydrogen-bond donors (Lipinski definition) is 3. The van der Waals surface area contributed by atoms with Crippen LogP contribution in [0.15, 0.2) is 12.1 Å².